The lowest BCUT2D eigenvalue weighted by atomic mass is 10.2. The molecular formula is C24H18ClN5O3S. The van der Waals surface area contributed by atoms with Gasteiger partial charge in [0.05, 0.1) is 34.8 Å². The molecule has 1 N–H and O–H groups in total. The van der Waals surface area contributed by atoms with Gasteiger partial charge >= 0.3 is 0 Å². The highest BCUT2D eigenvalue weighted by Gasteiger charge is 2.20. The third kappa shape index (κ3) is 4.57. The van der Waals surface area contributed by atoms with Gasteiger partial charge in [0.15, 0.2) is 0 Å². The topological polar surface area (TPSA) is 94.9 Å². The SMILES string of the molecule is O=C(c1ccoc1)n1nc(-c2cccn(Cc3cccnc3)c2=O)cc1NCc1ccc(Cl)s1. The van der Waals surface area contributed by atoms with Gasteiger partial charge in [0, 0.05) is 29.5 Å². The summed E-state index contributed by atoms with van der Waals surface area (Å²) in [4.78, 5) is 31.4. The molecule has 34 heavy (non-hydrogen) atoms. The first kappa shape index (κ1) is 21.9. The molecule has 5 heterocycles. The fourth-order valence-electron chi connectivity index (χ4n) is 3.47. The summed E-state index contributed by atoms with van der Waals surface area (Å²) in [5, 5.41) is 7.71. The molecule has 0 amide bonds. The molecule has 5 aromatic rings. The maximum atomic E-state index is 13.2. The average Bonchev–Trinajstić information content (AvgIpc) is 3.61. The maximum Gasteiger partial charge on any atom is 0.283 e. The van der Waals surface area contributed by atoms with Crippen LogP contribution in [0.25, 0.3) is 11.3 Å². The Kier molecular flexibility index (Phi) is 6.11. The monoisotopic (exact) mass is 491 g/mol. The molecule has 0 aliphatic rings. The van der Waals surface area contributed by atoms with E-state index in [4.69, 9.17) is 16.0 Å². The van der Waals surface area contributed by atoms with Gasteiger partial charge in [0.25, 0.3) is 11.5 Å². The zero-order chi connectivity index (χ0) is 23.5. The van der Waals surface area contributed by atoms with Crippen LogP contribution in [-0.2, 0) is 13.1 Å². The highest BCUT2D eigenvalue weighted by atomic mass is 35.5. The molecule has 0 saturated carbocycles. The zero-order valence-electron chi connectivity index (χ0n) is 17.7. The van der Waals surface area contributed by atoms with Gasteiger partial charge in [-0.3, -0.25) is 14.6 Å². The van der Waals surface area contributed by atoms with Crippen LogP contribution in [0, 0.1) is 0 Å². The molecule has 5 rings (SSSR count). The molecule has 0 radical (unpaired) electrons. The number of furan rings is 1. The summed E-state index contributed by atoms with van der Waals surface area (Å²) >= 11 is 7.48. The van der Waals surface area contributed by atoms with Crippen LogP contribution in [0.4, 0.5) is 5.82 Å². The van der Waals surface area contributed by atoms with Crippen LogP contribution in [0.2, 0.25) is 4.34 Å². The van der Waals surface area contributed by atoms with Crippen molar-refractivity contribution in [3.8, 4) is 11.3 Å². The van der Waals surface area contributed by atoms with Crippen LogP contribution in [0.3, 0.4) is 0 Å². The van der Waals surface area contributed by atoms with Crippen molar-refractivity contribution in [3.63, 3.8) is 0 Å². The molecule has 0 aliphatic heterocycles. The first-order valence-corrected chi connectivity index (χ1v) is 11.5. The minimum Gasteiger partial charge on any atom is -0.472 e. The summed E-state index contributed by atoms with van der Waals surface area (Å²) in [6.45, 7) is 0.820. The molecule has 0 aromatic carbocycles. The van der Waals surface area contributed by atoms with Gasteiger partial charge in [-0.05, 0) is 42.0 Å². The van der Waals surface area contributed by atoms with Crippen molar-refractivity contribution in [2.24, 2.45) is 0 Å². The van der Waals surface area contributed by atoms with E-state index in [0.717, 1.165) is 10.4 Å². The van der Waals surface area contributed by atoms with E-state index in [1.165, 1.54) is 28.5 Å². The Hall–Kier alpha value is -3.95. The van der Waals surface area contributed by atoms with Crippen LogP contribution >= 0.6 is 22.9 Å². The van der Waals surface area contributed by atoms with Gasteiger partial charge in [-0.1, -0.05) is 17.7 Å². The molecule has 8 nitrogen and oxygen atoms in total. The second-order valence-corrected chi connectivity index (χ2v) is 9.22. The number of hydrogen-bond donors (Lipinski definition) is 1. The Morgan fingerprint density at radius 3 is 2.82 bits per heavy atom. The van der Waals surface area contributed by atoms with Gasteiger partial charge in [0.2, 0.25) is 0 Å². The van der Waals surface area contributed by atoms with Gasteiger partial charge in [-0.2, -0.15) is 9.78 Å². The number of aromatic nitrogens is 4. The quantitative estimate of drug-likeness (QED) is 0.352. The summed E-state index contributed by atoms with van der Waals surface area (Å²) in [5.74, 6) is 0.0751. The van der Waals surface area contributed by atoms with Crippen molar-refractivity contribution < 1.29 is 9.21 Å². The minimum atomic E-state index is -0.377. The summed E-state index contributed by atoms with van der Waals surface area (Å²) < 4.78 is 8.57. The van der Waals surface area contributed by atoms with Crippen LogP contribution in [0.5, 0.6) is 0 Å². The lowest BCUT2D eigenvalue weighted by Crippen LogP contribution is -2.22. The predicted molar refractivity (Wildman–Crippen MR) is 130 cm³/mol. The Morgan fingerprint density at radius 2 is 2.09 bits per heavy atom. The minimum absolute atomic E-state index is 0.219. The van der Waals surface area contributed by atoms with Gasteiger partial charge < -0.3 is 14.3 Å². The van der Waals surface area contributed by atoms with Gasteiger partial charge in [-0.25, -0.2) is 0 Å². The lowest BCUT2D eigenvalue weighted by molar-refractivity contribution is 0.0947. The van der Waals surface area contributed by atoms with Crippen molar-refractivity contribution >= 4 is 34.7 Å². The van der Waals surface area contributed by atoms with E-state index in [1.807, 2.05) is 24.3 Å². The van der Waals surface area contributed by atoms with E-state index < -0.39 is 0 Å². The third-order valence-corrected chi connectivity index (χ3v) is 6.35. The smallest absolute Gasteiger partial charge is 0.283 e. The molecule has 0 fully saturated rings. The van der Waals surface area contributed by atoms with Crippen LogP contribution in [0.1, 0.15) is 20.8 Å². The summed E-state index contributed by atoms with van der Waals surface area (Å²) in [6, 6.07) is 14.2. The molecule has 0 saturated heterocycles. The fourth-order valence-corrected chi connectivity index (χ4v) is 4.50. The van der Waals surface area contributed by atoms with Crippen molar-refractivity contribution in [3.05, 3.63) is 110 Å². The first-order chi connectivity index (χ1) is 16.6. The van der Waals surface area contributed by atoms with Crippen molar-refractivity contribution in [1.82, 2.24) is 19.3 Å². The third-order valence-electron chi connectivity index (χ3n) is 5.11. The van der Waals surface area contributed by atoms with E-state index in [0.29, 0.717) is 40.1 Å². The predicted octanol–water partition coefficient (Wildman–Crippen LogP) is 4.76. The van der Waals surface area contributed by atoms with Crippen LogP contribution < -0.4 is 10.9 Å². The average molecular weight is 492 g/mol. The second kappa shape index (κ2) is 9.50. The number of carbonyl (C=O) groups is 1. The molecule has 0 spiro atoms. The number of carbonyl (C=O) groups excluding carboxylic acids is 1. The molecule has 0 atom stereocenters. The lowest BCUT2D eigenvalue weighted by Gasteiger charge is -2.07. The van der Waals surface area contributed by atoms with E-state index in [9.17, 15) is 9.59 Å². The molecule has 10 heteroatoms. The maximum absolute atomic E-state index is 13.2. The number of hydrogen-bond acceptors (Lipinski definition) is 7. The van der Waals surface area contributed by atoms with Crippen LogP contribution in [0.15, 0.2) is 88.9 Å². The number of thiophene rings is 1. The highest BCUT2D eigenvalue weighted by molar-refractivity contribution is 7.16. The number of pyridine rings is 2. The highest BCUT2D eigenvalue weighted by Crippen LogP contribution is 2.25. The molecule has 5 aromatic heterocycles. The number of anilines is 1. The second-order valence-electron chi connectivity index (χ2n) is 7.42. The zero-order valence-corrected chi connectivity index (χ0v) is 19.3. The standard InChI is InChI=1S/C24H18ClN5O3S/c25-21-6-5-18(34-21)13-27-22-11-20(28-30(22)23(31)17-7-10-33-15-17)19-4-2-9-29(24(19)32)14-16-3-1-8-26-12-16/h1-12,15,27H,13-14H2. The van der Waals surface area contributed by atoms with Crippen molar-refractivity contribution in [2.45, 2.75) is 13.1 Å². The Morgan fingerprint density at radius 1 is 1.18 bits per heavy atom. The summed E-state index contributed by atoms with van der Waals surface area (Å²) in [6.07, 6.45) is 7.90. The first-order valence-electron chi connectivity index (χ1n) is 10.3. The van der Waals surface area contributed by atoms with Crippen molar-refractivity contribution in [2.75, 3.05) is 5.32 Å². The van der Waals surface area contributed by atoms with E-state index in [1.54, 1.807) is 47.4 Å². The fraction of sp³-hybridized carbons (Fsp3) is 0.0833. The number of halogens is 1. The Bertz CT molecular complexity index is 1490. The summed E-state index contributed by atoms with van der Waals surface area (Å²) in [7, 11) is 0. The molecule has 170 valence electrons. The van der Waals surface area contributed by atoms with E-state index >= 15 is 0 Å². The molecule has 0 aliphatic carbocycles. The van der Waals surface area contributed by atoms with Gasteiger partial charge in [0.1, 0.15) is 17.8 Å². The molecule has 0 bridgehead atoms. The van der Waals surface area contributed by atoms with E-state index in [2.05, 4.69) is 15.4 Å². The Labute approximate surface area is 203 Å². The summed E-state index contributed by atoms with van der Waals surface area (Å²) in [5.41, 5.74) is 1.79. The number of nitrogens with one attached hydrogen (secondary N) is 1. The van der Waals surface area contributed by atoms with Crippen molar-refractivity contribution in [1.29, 1.82) is 0 Å². The Balaban J connectivity index is 1.51. The number of rotatable bonds is 7. The van der Waals surface area contributed by atoms with Gasteiger partial charge in [-0.15, -0.1) is 11.3 Å². The van der Waals surface area contributed by atoms with Crippen LogP contribution in [-0.4, -0.2) is 25.2 Å². The number of nitrogens with zero attached hydrogens (tertiary/aromatic N) is 4. The molecular weight excluding hydrogens is 474 g/mol. The van der Waals surface area contributed by atoms with E-state index in [-0.39, 0.29) is 11.5 Å². The normalized spacial score (nSPS) is 11.0. The molecule has 0 unspecified atom stereocenters. The largest absolute Gasteiger partial charge is 0.472 e.